The topological polar surface area (TPSA) is 67.2 Å². The summed E-state index contributed by atoms with van der Waals surface area (Å²) in [4.78, 5) is 12.3. The van der Waals surface area contributed by atoms with Gasteiger partial charge in [-0.25, -0.2) is 0 Å². The summed E-state index contributed by atoms with van der Waals surface area (Å²) in [5.41, 5.74) is 0.602. The smallest absolute Gasteiger partial charge is 0.436 e. The number of rotatable bonds is 4. The van der Waals surface area contributed by atoms with E-state index in [1.165, 1.54) is 13.0 Å². The first-order valence-corrected chi connectivity index (χ1v) is 8.23. The van der Waals surface area contributed by atoms with Gasteiger partial charge < -0.3 is 10.4 Å². The number of halogens is 4. The lowest BCUT2D eigenvalue weighted by Gasteiger charge is -2.15. The van der Waals surface area contributed by atoms with Crippen LogP contribution in [-0.2, 0) is 17.5 Å². The second-order valence-corrected chi connectivity index (χ2v) is 6.71. The van der Waals surface area contributed by atoms with Gasteiger partial charge in [-0.2, -0.15) is 18.3 Å². The van der Waals surface area contributed by atoms with E-state index in [4.69, 9.17) is 11.6 Å². The van der Waals surface area contributed by atoms with Crippen molar-refractivity contribution in [2.45, 2.75) is 46.3 Å². The van der Waals surface area contributed by atoms with Crippen LogP contribution in [0, 0.1) is 13.8 Å². The highest BCUT2D eigenvalue weighted by molar-refractivity contribution is 6.32. The number of hydrogen-bond donors (Lipinski definition) is 2. The summed E-state index contributed by atoms with van der Waals surface area (Å²) >= 11 is 5.68. The minimum absolute atomic E-state index is 0.0350. The highest BCUT2D eigenvalue weighted by Gasteiger charge is 2.38. The Morgan fingerprint density at radius 3 is 2.46 bits per heavy atom. The fourth-order valence-electron chi connectivity index (χ4n) is 2.49. The molecule has 0 saturated carbocycles. The minimum Gasteiger partial charge on any atom is -0.508 e. The van der Waals surface area contributed by atoms with Crippen molar-refractivity contribution in [2.75, 3.05) is 5.32 Å². The normalized spacial score (nSPS) is 11.9. The lowest BCUT2D eigenvalue weighted by Crippen LogP contribution is -2.21. The Hall–Kier alpha value is -2.22. The maximum Gasteiger partial charge on any atom is 0.436 e. The predicted octanol–water partition coefficient (Wildman–Crippen LogP) is 4.64. The van der Waals surface area contributed by atoms with Crippen LogP contribution in [0.1, 0.15) is 42.3 Å². The minimum atomic E-state index is -4.69. The molecule has 0 aliphatic carbocycles. The molecule has 2 rings (SSSR count). The standard InChI is InChI=1S/C17H19ClF3N3O2/c1-8(2)11-6-12(9(3)5-13(11)25)22-14(26)7-24-10(4)15(18)16(23-24)17(19,20)21/h5-6,8,25H,7H2,1-4H3,(H,22,26). The Labute approximate surface area is 153 Å². The van der Waals surface area contributed by atoms with Crippen molar-refractivity contribution in [3.05, 3.63) is 39.7 Å². The number of hydrogen-bond acceptors (Lipinski definition) is 3. The number of anilines is 1. The SMILES string of the molecule is Cc1cc(O)c(C(C)C)cc1NC(=O)Cn1nc(C(F)(F)F)c(Cl)c1C. The molecule has 142 valence electrons. The maximum absolute atomic E-state index is 12.9. The first kappa shape index (κ1) is 20.1. The van der Waals surface area contributed by atoms with Gasteiger partial charge in [0.15, 0.2) is 5.69 Å². The third kappa shape index (κ3) is 4.12. The van der Waals surface area contributed by atoms with Gasteiger partial charge in [-0.05, 0) is 43.0 Å². The molecule has 0 bridgehead atoms. The Morgan fingerprint density at radius 1 is 1.35 bits per heavy atom. The molecule has 0 spiro atoms. The van der Waals surface area contributed by atoms with Crippen LogP contribution in [0.25, 0.3) is 0 Å². The Balaban J connectivity index is 2.24. The summed E-state index contributed by atoms with van der Waals surface area (Å²) in [6, 6.07) is 3.18. The largest absolute Gasteiger partial charge is 0.508 e. The summed E-state index contributed by atoms with van der Waals surface area (Å²) in [5, 5.41) is 15.5. The lowest BCUT2D eigenvalue weighted by atomic mass is 9.99. The highest BCUT2D eigenvalue weighted by Crippen LogP contribution is 2.35. The number of phenols is 1. The van der Waals surface area contributed by atoms with Crippen molar-refractivity contribution in [2.24, 2.45) is 0 Å². The van der Waals surface area contributed by atoms with Crippen molar-refractivity contribution in [1.29, 1.82) is 0 Å². The zero-order valence-electron chi connectivity index (χ0n) is 14.7. The zero-order valence-corrected chi connectivity index (χ0v) is 15.5. The quantitative estimate of drug-likeness (QED) is 0.748. The van der Waals surface area contributed by atoms with E-state index in [0.29, 0.717) is 16.8 Å². The number of carbonyl (C=O) groups excluding carboxylic acids is 1. The summed E-state index contributed by atoms with van der Waals surface area (Å²) in [7, 11) is 0. The molecule has 0 aliphatic heterocycles. The van der Waals surface area contributed by atoms with Crippen molar-refractivity contribution >= 4 is 23.2 Å². The molecule has 26 heavy (non-hydrogen) atoms. The van der Waals surface area contributed by atoms with Crippen LogP contribution in [0.4, 0.5) is 18.9 Å². The Bertz CT molecular complexity index is 845. The molecule has 2 N–H and O–H groups in total. The third-order valence-corrected chi connectivity index (χ3v) is 4.42. The van der Waals surface area contributed by atoms with Crippen molar-refractivity contribution in [3.63, 3.8) is 0 Å². The third-order valence-electron chi connectivity index (χ3n) is 3.97. The molecule has 0 aliphatic rings. The number of aromatic nitrogens is 2. The number of carbonyl (C=O) groups is 1. The molecule has 1 aromatic heterocycles. The van der Waals surface area contributed by atoms with Crippen LogP contribution in [0.15, 0.2) is 12.1 Å². The summed E-state index contributed by atoms with van der Waals surface area (Å²) in [6.07, 6.45) is -4.69. The van der Waals surface area contributed by atoms with E-state index in [0.717, 1.165) is 4.68 Å². The monoisotopic (exact) mass is 389 g/mol. The Kier molecular flexibility index (Phi) is 5.55. The van der Waals surface area contributed by atoms with Gasteiger partial charge in [-0.3, -0.25) is 9.48 Å². The number of amides is 1. The highest BCUT2D eigenvalue weighted by atomic mass is 35.5. The molecule has 9 heteroatoms. The molecule has 0 unspecified atom stereocenters. The van der Waals surface area contributed by atoms with Crippen LogP contribution in [0.2, 0.25) is 5.02 Å². The fraction of sp³-hybridized carbons (Fsp3) is 0.412. The van der Waals surface area contributed by atoms with Crippen LogP contribution < -0.4 is 5.32 Å². The molecule has 0 fully saturated rings. The van der Waals surface area contributed by atoms with Crippen molar-refractivity contribution < 1.29 is 23.1 Å². The van der Waals surface area contributed by atoms with Gasteiger partial charge in [0.05, 0.1) is 10.7 Å². The maximum atomic E-state index is 12.9. The molecule has 0 atom stereocenters. The van der Waals surface area contributed by atoms with Gasteiger partial charge in [0.1, 0.15) is 12.3 Å². The molecule has 1 heterocycles. The van der Waals surface area contributed by atoms with Gasteiger partial charge >= 0.3 is 6.18 Å². The summed E-state index contributed by atoms with van der Waals surface area (Å²) in [5.74, 6) is -0.391. The van der Waals surface area contributed by atoms with E-state index < -0.39 is 29.3 Å². The van der Waals surface area contributed by atoms with Gasteiger partial charge in [-0.1, -0.05) is 25.4 Å². The number of aromatic hydroxyl groups is 1. The molecule has 0 saturated heterocycles. The van der Waals surface area contributed by atoms with E-state index in [1.54, 1.807) is 13.0 Å². The number of nitrogens with zero attached hydrogens (tertiary/aromatic N) is 2. The van der Waals surface area contributed by atoms with Crippen molar-refractivity contribution in [3.8, 4) is 5.75 Å². The predicted molar refractivity (Wildman–Crippen MR) is 92.5 cm³/mol. The average molecular weight is 390 g/mol. The first-order valence-electron chi connectivity index (χ1n) is 7.85. The van der Waals surface area contributed by atoms with E-state index in [9.17, 15) is 23.1 Å². The summed E-state index contributed by atoms with van der Waals surface area (Å²) in [6.45, 7) is 6.43. The number of nitrogens with one attached hydrogen (secondary N) is 1. The van der Waals surface area contributed by atoms with Gasteiger partial charge in [0.2, 0.25) is 5.91 Å². The number of alkyl halides is 3. The molecular weight excluding hydrogens is 371 g/mol. The van der Waals surface area contributed by atoms with Gasteiger partial charge in [0, 0.05) is 5.69 Å². The van der Waals surface area contributed by atoms with Gasteiger partial charge in [-0.15, -0.1) is 0 Å². The Morgan fingerprint density at radius 2 is 1.96 bits per heavy atom. The van der Waals surface area contributed by atoms with Crippen molar-refractivity contribution in [1.82, 2.24) is 9.78 Å². The van der Waals surface area contributed by atoms with E-state index in [-0.39, 0.29) is 17.4 Å². The van der Waals surface area contributed by atoms with E-state index >= 15 is 0 Å². The molecule has 1 amide bonds. The van der Waals surface area contributed by atoms with Crippen LogP contribution in [-0.4, -0.2) is 20.8 Å². The van der Waals surface area contributed by atoms with E-state index in [2.05, 4.69) is 10.4 Å². The molecule has 1 aromatic carbocycles. The zero-order chi connectivity index (χ0) is 19.8. The summed E-state index contributed by atoms with van der Waals surface area (Å²) < 4.78 is 39.5. The average Bonchev–Trinajstić information content (AvgIpc) is 2.78. The van der Waals surface area contributed by atoms with Crippen LogP contribution >= 0.6 is 11.6 Å². The molecule has 0 radical (unpaired) electrons. The first-order chi connectivity index (χ1) is 11.9. The second-order valence-electron chi connectivity index (χ2n) is 6.33. The fourth-order valence-corrected chi connectivity index (χ4v) is 2.73. The number of benzene rings is 1. The molecular formula is C17H19ClF3N3O2. The number of aryl methyl sites for hydroxylation is 1. The lowest BCUT2D eigenvalue weighted by molar-refractivity contribution is -0.141. The molecule has 2 aromatic rings. The van der Waals surface area contributed by atoms with Gasteiger partial charge in [0.25, 0.3) is 0 Å². The van der Waals surface area contributed by atoms with E-state index in [1.807, 2.05) is 13.8 Å². The molecule has 5 nitrogen and oxygen atoms in total. The van der Waals surface area contributed by atoms with Crippen LogP contribution in [0.5, 0.6) is 5.75 Å². The number of phenolic OH excluding ortho intramolecular Hbond substituents is 1. The second kappa shape index (κ2) is 7.19. The van der Waals surface area contributed by atoms with Crippen LogP contribution in [0.3, 0.4) is 0 Å².